The Kier molecular flexibility index (Phi) is 5.41. The van der Waals surface area contributed by atoms with E-state index in [4.69, 9.17) is 16.3 Å². The molecule has 0 N–H and O–H groups in total. The van der Waals surface area contributed by atoms with E-state index in [9.17, 15) is 14.9 Å². The topological polar surface area (TPSA) is 69.4 Å². The zero-order chi connectivity index (χ0) is 16.1. The number of nitro groups is 1. The van der Waals surface area contributed by atoms with Crippen molar-refractivity contribution in [3.63, 3.8) is 0 Å². The van der Waals surface area contributed by atoms with Crippen molar-refractivity contribution in [3.05, 3.63) is 63.2 Å². The normalized spacial score (nSPS) is 10.3. The Labute approximate surface area is 136 Å². The van der Waals surface area contributed by atoms with Crippen molar-refractivity contribution in [2.24, 2.45) is 0 Å². The SMILES string of the molecule is COc1ccc(C(=O)CSc2ccc([N+](=O)[O-])cc2Cl)cc1. The summed E-state index contributed by atoms with van der Waals surface area (Å²) < 4.78 is 5.04. The monoisotopic (exact) mass is 337 g/mol. The van der Waals surface area contributed by atoms with E-state index in [1.165, 1.54) is 23.9 Å². The van der Waals surface area contributed by atoms with Gasteiger partial charge in [-0.15, -0.1) is 11.8 Å². The van der Waals surface area contributed by atoms with E-state index >= 15 is 0 Å². The molecule has 0 spiro atoms. The van der Waals surface area contributed by atoms with Crippen molar-refractivity contribution in [3.8, 4) is 5.75 Å². The van der Waals surface area contributed by atoms with Crippen LogP contribution in [0.2, 0.25) is 5.02 Å². The summed E-state index contributed by atoms with van der Waals surface area (Å²) >= 11 is 7.23. The molecular weight excluding hydrogens is 326 g/mol. The van der Waals surface area contributed by atoms with E-state index in [0.29, 0.717) is 16.2 Å². The number of nitro benzene ring substituents is 1. The second kappa shape index (κ2) is 7.29. The standard InChI is InChI=1S/C15H12ClNO4S/c1-21-12-5-2-10(3-6-12)14(18)9-22-15-7-4-11(17(19)20)8-13(15)16/h2-8H,9H2,1H3. The molecule has 7 heteroatoms. The van der Waals surface area contributed by atoms with Gasteiger partial charge < -0.3 is 4.74 Å². The number of halogens is 1. The van der Waals surface area contributed by atoms with E-state index in [1.54, 1.807) is 37.4 Å². The quantitative estimate of drug-likeness (QED) is 0.341. The van der Waals surface area contributed by atoms with Gasteiger partial charge in [0.15, 0.2) is 5.78 Å². The summed E-state index contributed by atoms with van der Waals surface area (Å²) in [5, 5.41) is 10.9. The summed E-state index contributed by atoms with van der Waals surface area (Å²) in [4.78, 5) is 22.9. The van der Waals surface area contributed by atoms with Crippen LogP contribution in [0.4, 0.5) is 5.69 Å². The van der Waals surface area contributed by atoms with Crippen molar-refractivity contribution in [1.29, 1.82) is 0 Å². The van der Waals surface area contributed by atoms with Crippen LogP contribution in [0, 0.1) is 10.1 Å². The Hall–Kier alpha value is -2.05. The molecule has 0 aliphatic heterocycles. The maximum atomic E-state index is 12.1. The number of hydrogen-bond acceptors (Lipinski definition) is 5. The molecule has 5 nitrogen and oxygen atoms in total. The molecule has 22 heavy (non-hydrogen) atoms. The number of carbonyl (C=O) groups excluding carboxylic acids is 1. The molecule has 0 atom stereocenters. The summed E-state index contributed by atoms with van der Waals surface area (Å²) in [6, 6.07) is 11.0. The highest BCUT2D eigenvalue weighted by Crippen LogP contribution is 2.31. The van der Waals surface area contributed by atoms with Crippen LogP contribution < -0.4 is 4.74 Å². The van der Waals surface area contributed by atoms with Gasteiger partial charge in [0.2, 0.25) is 0 Å². The molecule has 0 heterocycles. The third kappa shape index (κ3) is 3.99. The molecular formula is C15H12ClNO4S. The lowest BCUT2D eigenvalue weighted by Gasteiger charge is -2.05. The predicted molar refractivity (Wildman–Crippen MR) is 86.2 cm³/mol. The predicted octanol–water partition coefficient (Wildman–Crippen LogP) is 4.23. The average Bonchev–Trinajstić information content (AvgIpc) is 2.53. The highest BCUT2D eigenvalue weighted by Gasteiger charge is 2.12. The maximum absolute atomic E-state index is 12.1. The van der Waals surface area contributed by atoms with Gasteiger partial charge in [0.1, 0.15) is 5.75 Å². The number of Topliss-reactive ketones (excluding diaryl/α,β-unsaturated/α-hetero) is 1. The number of benzene rings is 2. The Balaban J connectivity index is 2.02. The molecule has 2 rings (SSSR count). The molecule has 0 aliphatic carbocycles. The van der Waals surface area contributed by atoms with Gasteiger partial charge in [0.05, 0.1) is 22.8 Å². The van der Waals surface area contributed by atoms with Crippen LogP contribution in [0.1, 0.15) is 10.4 Å². The molecule has 0 fully saturated rings. The third-order valence-electron chi connectivity index (χ3n) is 2.90. The van der Waals surface area contributed by atoms with Crippen LogP contribution in [0.5, 0.6) is 5.75 Å². The Morgan fingerprint density at radius 1 is 1.27 bits per heavy atom. The molecule has 2 aromatic carbocycles. The lowest BCUT2D eigenvalue weighted by Crippen LogP contribution is -2.02. The molecule has 114 valence electrons. The minimum atomic E-state index is -0.511. The first kappa shape index (κ1) is 16.3. The van der Waals surface area contributed by atoms with Crippen LogP contribution in [0.3, 0.4) is 0 Å². The summed E-state index contributed by atoms with van der Waals surface area (Å²) in [6.07, 6.45) is 0. The van der Waals surface area contributed by atoms with Gasteiger partial charge in [0.25, 0.3) is 5.69 Å². The minimum absolute atomic E-state index is 0.0536. The average molecular weight is 338 g/mol. The number of hydrogen-bond donors (Lipinski definition) is 0. The molecule has 0 amide bonds. The zero-order valence-corrected chi connectivity index (χ0v) is 13.2. The van der Waals surface area contributed by atoms with Gasteiger partial charge in [-0.3, -0.25) is 14.9 Å². The summed E-state index contributed by atoms with van der Waals surface area (Å²) in [5.41, 5.74) is 0.502. The fraction of sp³-hybridized carbons (Fsp3) is 0.133. The number of rotatable bonds is 6. The maximum Gasteiger partial charge on any atom is 0.270 e. The van der Waals surface area contributed by atoms with E-state index < -0.39 is 4.92 Å². The zero-order valence-electron chi connectivity index (χ0n) is 11.6. The number of carbonyl (C=O) groups is 1. The van der Waals surface area contributed by atoms with Crippen LogP contribution >= 0.6 is 23.4 Å². The van der Waals surface area contributed by atoms with E-state index in [1.807, 2.05) is 0 Å². The Morgan fingerprint density at radius 2 is 1.95 bits per heavy atom. The van der Waals surface area contributed by atoms with E-state index in [-0.39, 0.29) is 22.2 Å². The molecule has 0 unspecified atom stereocenters. The summed E-state index contributed by atoms with van der Waals surface area (Å²) in [6.45, 7) is 0. The summed E-state index contributed by atoms with van der Waals surface area (Å²) in [7, 11) is 1.56. The van der Waals surface area contributed by atoms with Crippen LogP contribution in [-0.2, 0) is 0 Å². The van der Waals surface area contributed by atoms with E-state index in [0.717, 1.165) is 0 Å². The number of non-ortho nitro benzene ring substituents is 1. The summed E-state index contributed by atoms with van der Waals surface area (Å²) in [5.74, 6) is 0.828. The molecule has 0 radical (unpaired) electrons. The molecule has 0 saturated carbocycles. The smallest absolute Gasteiger partial charge is 0.270 e. The highest BCUT2D eigenvalue weighted by molar-refractivity contribution is 8.00. The molecule has 0 bridgehead atoms. The first-order valence-electron chi connectivity index (χ1n) is 6.25. The van der Waals surface area contributed by atoms with Gasteiger partial charge in [-0.25, -0.2) is 0 Å². The third-order valence-corrected chi connectivity index (χ3v) is 4.40. The molecule has 2 aromatic rings. The Bertz CT molecular complexity index is 703. The van der Waals surface area contributed by atoms with E-state index in [2.05, 4.69) is 0 Å². The van der Waals surface area contributed by atoms with Gasteiger partial charge >= 0.3 is 0 Å². The number of methoxy groups -OCH3 is 1. The Morgan fingerprint density at radius 3 is 2.50 bits per heavy atom. The number of ketones is 1. The van der Waals surface area contributed by atoms with Crippen molar-refractivity contribution >= 4 is 34.8 Å². The lowest BCUT2D eigenvalue weighted by molar-refractivity contribution is -0.384. The van der Waals surface area contributed by atoms with Crippen LogP contribution in [0.25, 0.3) is 0 Å². The first-order chi connectivity index (χ1) is 10.5. The largest absolute Gasteiger partial charge is 0.497 e. The number of ether oxygens (including phenoxy) is 1. The molecule has 0 saturated heterocycles. The fourth-order valence-corrected chi connectivity index (χ4v) is 2.88. The van der Waals surface area contributed by atoms with Crippen molar-refractivity contribution in [1.82, 2.24) is 0 Å². The van der Waals surface area contributed by atoms with Crippen molar-refractivity contribution in [2.45, 2.75) is 4.90 Å². The van der Waals surface area contributed by atoms with Crippen molar-refractivity contribution < 1.29 is 14.5 Å². The van der Waals surface area contributed by atoms with Gasteiger partial charge in [0, 0.05) is 22.6 Å². The van der Waals surface area contributed by atoms with Gasteiger partial charge in [-0.05, 0) is 30.3 Å². The number of nitrogens with zero attached hydrogens (tertiary/aromatic N) is 1. The first-order valence-corrected chi connectivity index (χ1v) is 7.61. The number of thioether (sulfide) groups is 1. The van der Waals surface area contributed by atoms with Gasteiger partial charge in [-0.2, -0.15) is 0 Å². The van der Waals surface area contributed by atoms with Gasteiger partial charge in [-0.1, -0.05) is 11.6 Å². The molecule has 0 aliphatic rings. The highest BCUT2D eigenvalue weighted by atomic mass is 35.5. The lowest BCUT2D eigenvalue weighted by atomic mass is 10.1. The minimum Gasteiger partial charge on any atom is -0.497 e. The second-order valence-corrected chi connectivity index (χ2v) is 5.74. The second-order valence-electron chi connectivity index (χ2n) is 4.31. The van der Waals surface area contributed by atoms with Crippen LogP contribution in [-0.4, -0.2) is 23.6 Å². The van der Waals surface area contributed by atoms with Crippen molar-refractivity contribution in [2.75, 3.05) is 12.9 Å². The van der Waals surface area contributed by atoms with Crippen LogP contribution in [0.15, 0.2) is 47.4 Å². The molecule has 0 aromatic heterocycles. The fourth-order valence-electron chi connectivity index (χ4n) is 1.72.